The van der Waals surface area contributed by atoms with Gasteiger partial charge >= 0.3 is 0 Å². The number of nitro groups is 1. The lowest BCUT2D eigenvalue weighted by molar-refractivity contribution is -0.384. The van der Waals surface area contributed by atoms with Gasteiger partial charge in [-0.2, -0.15) is 4.31 Å². The molecule has 1 amide bonds. The summed E-state index contributed by atoms with van der Waals surface area (Å²) in [4.78, 5) is 26.3. The molecule has 0 saturated heterocycles. The first kappa shape index (κ1) is 27.4. The summed E-state index contributed by atoms with van der Waals surface area (Å²) in [6.07, 6.45) is 0.460. The minimum atomic E-state index is -4.12. The number of nitro benzene ring substituents is 1. The number of rotatable bonds is 11. The first-order chi connectivity index (χ1) is 17.0. The second-order valence-electron chi connectivity index (χ2n) is 8.46. The zero-order chi connectivity index (χ0) is 26.5. The van der Waals surface area contributed by atoms with Gasteiger partial charge in [0.05, 0.1) is 22.9 Å². The zero-order valence-electron chi connectivity index (χ0n) is 20.3. The molecule has 0 N–H and O–H groups in total. The van der Waals surface area contributed by atoms with E-state index in [0.29, 0.717) is 12.0 Å². The Morgan fingerprint density at radius 2 is 1.72 bits per heavy atom. The van der Waals surface area contributed by atoms with Crippen LogP contribution in [0.25, 0.3) is 0 Å². The van der Waals surface area contributed by atoms with Crippen molar-refractivity contribution in [3.8, 4) is 0 Å². The van der Waals surface area contributed by atoms with Gasteiger partial charge in [0.15, 0.2) is 0 Å². The van der Waals surface area contributed by atoms with Crippen molar-refractivity contribution < 1.29 is 22.5 Å². The van der Waals surface area contributed by atoms with Crippen molar-refractivity contribution in [3.05, 3.63) is 91.9 Å². The van der Waals surface area contributed by atoms with Crippen molar-refractivity contribution in [2.24, 2.45) is 0 Å². The van der Waals surface area contributed by atoms with Crippen molar-refractivity contribution >= 4 is 33.0 Å². The summed E-state index contributed by atoms with van der Waals surface area (Å²) in [7, 11) is -4.12. The van der Waals surface area contributed by atoms with Crippen LogP contribution >= 0.6 is 11.3 Å². The third-order valence-corrected chi connectivity index (χ3v) is 8.95. The molecule has 3 rings (SSSR count). The molecule has 36 heavy (non-hydrogen) atoms. The Kier molecular flexibility index (Phi) is 8.93. The monoisotopic (exact) mass is 533 g/mol. The standard InChI is InChI=1S/C25H28FN3O5S2/c1-4-19(3)28(36(33,34)23-11-9-22(10-12-23)29(31)32)17-25(30)27(16-24-18(2)13-14-35-24)15-20-5-7-21(26)8-6-20/h5-14,19H,4,15-17H2,1-3H3. The van der Waals surface area contributed by atoms with E-state index in [1.165, 1.54) is 35.6 Å². The Morgan fingerprint density at radius 1 is 1.08 bits per heavy atom. The van der Waals surface area contributed by atoms with Crippen LogP contribution in [0.3, 0.4) is 0 Å². The molecule has 0 aliphatic rings. The summed E-state index contributed by atoms with van der Waals surface area (Å²) in [6, 6.07) is 11.9. The number of non-ortho nitro benzene ring substituents is 1. The quantitative estimate of drug-likeness (QED) is 0.251. The first-order valence-electron chi connectivity index (χ1n) is 11.3. The molecule has 11 heteroatoms. The lowest BCUT2D eigenvalue weighted by Gasteiger charge is -2.30. The fourth-order valence-corrected chi connectivity index (χ4v) is 6.15. The Bertz CT molecular complexity index is 1310. The maximum atomic E-state index is 13.6. The van der Waals surface area contributed by atoms with Gasteiger partial charge in [-0.1, -0.05) is 19.1 Å². The van der Waals surface area contributed by atoms with Crippen LogP contribution in [-0.2, 0) is 27.9 Å². The average Bonchev–Trinajstić information content (AvgIpc) is 3.26. The summed E-state index contributed by atoms with van der Waals surface area (Å²) in [5.74, 6) is -0.791. The van der Waals surface area contributed by atoms with Crippen molar-refractivity contribution in [2.45, 2.75) is 51.2 Å². The Hall–Kier alpha value is -3.15. The maximum Gasteiger partial charge on any atom is 0.269 e. The van der Waals surface area contributed by atoms with Crippen LogP contribution in [0.5, 0.6) is 0 Å². The molecule has 1 heterocycles. The lowest BCUT2D eigenvalue weighted by atomic mass is 10.2. The number of benzene rings is 2. The molecule has 0 bridgehead atoms. The molecule has 1 unspecified atom stereocenters. The SMILES string of the molecule is CCC(C)N(CC(=O)N(Cc1ccc(F)cc1)Cc1sccc1C)S(=O)(=O)c1ccc([N+](=O)[O-])cc1. The van der Waals surface area contributed by atoms with Crippen molar-refractivity contribution in [3.63, 3.8) is 0 Å². The number of hydrogen-bond donors (Lipinski definition) is 0. The summed E-state index contributed by atoms with van der Waals surface area (Å²) in [5, 5.41) is 12.9. The number of sulfonamides is 1. The van der Waals surface area contributed by atoms with Gasteiger partial charge in [0.1, 0.15) is 5.82 Å². The highest BCUT2D eigenvalue weighted by Crippen LogP contribution is 2.24. The van der Waals surface area contributed by atoms with Gasteiger partial charge in [-0.25, -0.2) is 12.8 Å². The van der Waals surface area contributed by atoms with Crippen LogP contribution in [0, 0.1) is 22.9 Å². The lowest BCUT2D eigenvalue weighted by Crippen LogP contribution is -2.46. The summed E-state index contributed by atoms with van der Waals surface area (Å²) in [6.45, 7) is 5.54. The molecule has 192 valence electrons. The molecular weight excluding hydrogens is 505 g/mol. The fraction of sp³-hybridized carbons (Fsp3) is 0.320. The average molecular weight is 534 g/mol. The number of aryl methyl sites for hydroxylation is 1. The van der Waals surface area contributed by atoms with Gasteiger partial charge in [-0.3, -0.25) is 14.9 Å². The number of hydrogen-bond acceptors (Lipinski definition) is 6. The van der Waals surface area contributed by atoms with Crippen molar-refractivity contribution in [1.82, 2.24) is 9.21 Å². The number of carbonyl (C=O) groups is 1. The van der Waals surface area contributed by atoms with Gasteiger partial charge in [-0.15, -0.1) is 11.3 Å². The van der Waals surface area contributed by atoms with Gasteiger partial charge in [0, 0.05) is 29.6 Å². The van der Waals surface area contributed by atoms with E-state index in [4.69, 9.17) is 0 Å². The van der Waals surface area contributed by atoms with Crippen LogP contribution in [0.15, 0.2) is 64.9 Å². The van der Waals surface area contributed by atoms with E-state index >= 15 is 0 Å². The minimum absolute atomic E-state index is 0.125. The normalized spacial score (nSPS) is 12.5. The molecule has 2 aromatic carbocycles. The molecule has 0 fully saturated rings. The van der Waals surface area contributed by atoms with E-state index in [1.807, 2.05) is 25.3 Å². The molecule has 0 spiro atoms. The van der Waals surface area contributed by atoms with Gasteiger partial charge in [0.2, 0.25) is 15.9 Å². The van der Waals surface area contributed by atoms with Gasteiger partial charge < -0.3 is 4.90 Å². The molecule has 3 aromatic rings. The van der Waals surface area contributed by atoms with Gasteiger partial charge in [-0.05, 0) is 67.1 Å². The highest BCUT2D eigenvalue weighted by atomic mass is 32.2. The molecule has 0 saturated carbocycles. The summed E-state index contributed by atoms with van der Waals surface area (Å²) < 4.78 is 41.5. The van der Waals surface area contributed by atoms with E-state index in [1.54, 1.807) is 24.0 Å². The van der Waals surface area contributed by atoms with Crippen molar-refractivity contribution in [2.75, 3.05) is 6.54 Å². The number of nitrogens with zero attached hydrogens (tertiary/aromatic N) is 3. The van der Waals surface area contributed by atoms with Crippen LogP contribution < -0.4 is 0 Å². The minimum Gasteiger partial charge on any atom is -0.332 e. The Balaban J connectivity index is 1.91. The number of thiophene rings is 1. The second kappa shape index (κ2) is 11.7. The van der Waals surface area contributed by atoms with Crippen LogP contribution in [0.4, 0.5) is 10.1 Å². The topological polar surface area (TPSA) is 101 Å². The maximum absolute atomic E-state index is 13.6. The Labute approximate surface area is 214 Å². The molecule has 1 atom stereocenters. The van der Waals surface area contributed by atoms with Crippen LogP contribution in [-0.4, -0.2) is 41.0 Å². The number of halogens is 1. The van der Waals surface area contributed by atoms with E-state index in [2.05, 4.69) is 0 Å². The zero-order valence-corrected chi connectivity index (χ0v) is 21.9. The molecule has 0 radical (unpaired) electrons. The number of amides is 1. The van der Waals surface area contributed by atoms with Crippen molar-refractivity contribution in [1.29, 1.82) is 0 Å². The second-order valence-corrected chi connectivity index (χ2v) is 11.4. The van der Waals surface area contributed by atoms with E-state index in [9.17, 15) is 27.7 Å². The molecule has 8 nitrogen and oxygen atoms in total. The fourth-order valence-electron chi connectivity index (χ4n) is 3.57. The van der Waals surface area contributed by atoms with Gasteiger partial charge in [0.25, 0.3) is 5.69 Å². The predicted octanol–water partition coefficient (Wildman–Crippen LogP) is 5.12. The summed E-state index contributed by atoms with van der Waals surface area (Å²) in [5.41, 5.74) is 1.51. The first-order valence-corrected chi connectivity index (χ1v) is 13.7. The molecule has 1 aromatic heterocycles. The smallest absolute Gasteiger partial charge is 0.269 e. The third kappa shape index (κ3) is 6.54. The van der Waals surface area contributed by atoms with E-state index < -0.39 is 33.4 Å². The number of carbonyl (C=O) groups excluding carboxylic acids is 1. The van der Waals surface area contributed by atoms with Crippen LogP contribution in [0.1, 0.15) is 36.3 Å². The Morgan fingerprint density at radius 3 is 2.25 bits per heavy atom. The highest BCUT2D eigenvalue weighted by molar-refractivity contribution is 7.89. The molecular formula is C25H28FN3O5S2. The molecule has 0 aliphatic heterocycles. The predicted molar refractivity (Wildman–Crippen MR) is 136 cm³/mol. The third-order valence-electron chi connectivity index (χ3n) is 5.97. The summed E-state index contributed by atoms with van der Waals surface area (Å²) >= 11 is 1.50. The highest BCUT2D eigenvalue weighted by Gasteiger charge is 2.32. The molecule has 0 aliphatic carbocycles. The largest absolute Gasteiger partial charge is 0.332 e. The van der Waals surface area contributed by atoms with Crippen LogP contribution in [0.2, 0.25) is 0 Å². The van der Waals surface area contributed by atoms with E-state index in [-0.39, 0.29) is 29.5 Å². The van der Waals surface area contributed by atoms with E-state index in [0.717, 1.165) is 26.9 Å².